The summed E-state index contributed by atoms with van der Waals surface area (Å²) in [5, 5.41) is 0.923. The van der Waals surface area contributed by atoms with E-state index in [2.05, 4.69) is 113 Å². The average Bonchev–Trinajstić information content (AvgIpc) is 1.82. The molecule has 0 aliphatic heterocycles. The summed E-state index contributed by atoms with van der Waals surface area (Å²) in [4.78, 5) is 0. The van der Waals surface area contributed by atoms with Crippen LogP contribution in [0.4, 0.5) is 0 Å². The zero-order chi connectivity index (χ0) is 10.4. The topological polar surface area (TPSA) is 0 Å². The summed E-state index contributed by atoms with van der Waals surface area (Å²) in [7, 11) is 0. The Bertz CT molecular complexity index is 204. The predicted molar refractivity (Wildman–Crippen MR) is 109 cm³/mol. The lowest BCUT2D eigenvalue weighted by Gasteiger charge is -2.61. The quantitative estimate of drug-likeness (QED) is 0.249. The van der Waals surface area contributed by atoms with E-state index in [9.17, 15) is 0 Å². The fourth-order valence-corrected chi connectivity index (χ4v) is 10.0. The maximum atomic E-state index is 2.74. The minimum Gasteiger partial charge on any atom is -0.0641 e. The molecule has 0 aromatic rings. The van der Waals surface area contributed by atoms with Gasteiger partial charge in [-0.25, -0.2) is 0 Å². The molecule has 0 aromatic heterocycles. The molecule has 1 saturated carbocycles. The van der Waals surface area contributed by atoms with Crippen LogP contribution in [-0.4, -0.2) is 5.25 Å². The number of hydrogen-bond donors (Lipinski definition) is 0. The molecule has 0 N–H and O–H groups in total. The Balaban J connectivity index is 2.84. The molecule has 13 heavy (non-hydrogen) atoms. The summed E-state index contributed by atoms with van der Waals surface area (Å²) in [5.74, 6) is 0.942. The van der Waals surface area contributed by atoms with Gasteiger partial charge in [-0.3, -0.25) is 0 Å². The molecule has 2 atom stereocenters. The van der Waals surface area contributed by atoms with Crippen molar-refractivity contribution >= 4 is 100 Å². The molecular weight excluding hydrogens is 751 g/mol. The van der Waals surface area contributed by atoms with Gasteiger partial charge in [0.05, 0.1) is 0 Å². The summed E-state index contributed by atoms with van der Waals surface area (Å²) >= 11 is 13.7. The van der Waals surface area contributed by atoms with Gasteiger partial charge in [0.25, 0.3) is 0 Å². The van der Waals surface area contributed by atoms with Gasteiger partial charge in [0.2, 0.25) is 0 Å². The molecular formula is C7H13I5S. The highest BCUT2D eigenvalue weighted by atomic mass is 127. The van der Waals surface area contributed by atoms with E-state index in [-0.39, 0.29) is 0 Å². The lowest BCUT2D eigenvalue weighted by atomic mass is 9.91. The van der Waals surface area contributed by atoms with Crippen LogP contribution in [0.5, 0.6) is 0 Å². The van der Waals surface area contributed by atoms with Crippen LogP contribution in [-0.2, 0) is 0 Å². The van der Waals surface area contributed by atoms with Crippen molar-refractivity contribution in [2.24, 2.45) is 5.92 Å². The Morgan fingerprint density at radius 3 is 1.85 bits per heavy atom. The Kier molecular flexibility index (Phi) is 4.96. The average molecular weight is 764 g/mol. The smallest absolute Gasteiger partial charge is 0.0147 e. The normalized spacial score (nSPS) is 36.5. The first-order valence-corrected chi connectivity index (χ1v) is 19.4. The highest BCUT2D eigenvalue weighted by Crippen LogP contribution is 3.20. The molecule has 1 aliphatic carbocycles. The van der Waals surface area contributed by atoms with E-state index in [4.69, 9.17) is 0 Å². The third kappa shape index (κ3) is 5.44. The zero-order valence-electron chi connectivity index (χ0n) is 7.28. The molecule has 0 aromatic carbocycles. The van der Waals surface area contributed by atoms with Crippen molar-refractivity contribution in [3.05, 3.63) is 0 Å². The van der Waals surface area contributed by atoms with Crippen molar-refractivity contribution < 1.29 is 0 Å². The van der Waals surface area contributed by atoms with Gasteiger partial charge in [0.15, 0.2) is 0 Å². The predicted octanol–water partition coefficient (Wildman–Crippen LogP) is 7.19. The van der Waals surface area contributed by atoms with Crippen molar-refractivity contribution in [2.75, 3.05) is 0 Å². The first-order chi connectivity index (χ1) is 5.49. The summed E-state index contributed by atoms with van der Waals surface area (Å²) in [6.07, 6.45) is 5.75. The molecule has 6 heteroatoms. The van der Waals surface area contributed by atoms with E-state index >= 15 is 0 Å². The fraction of sp³-hybridized carbons (Fsp3) is 1.00. The Morgan fingerprint density at radius 1 is 1.00 bits per heavy atom. The van der Waals surface area contributed by atoms with Gasteiger partial charge >= 0.3 is 0 Å². The number of hydrogen-bond acceptors (Lipinski definition) is 0. The molecule has 0 radical (unpaired) electrons. The van der Waals surface area contributed by atoms with Crippen LogP contribution in [0.2, 0.25) is 0 Å². The molecule has 1 rings (SSSR count). The summed E-state index contributed by atoms with van der Waals surface area (Å²) in [5.41, 5.74) is 0. The van der Waals surface area contributed by atoms with Crippen LogP contribution >= 0.6 is 100 Å². The third-order valence-electron chi connectivity index (χ3n) is 2.52. The zero-order valence-corrected chi connectivity index (χ0v) is 18.9. The van der Waals surface area contributed by atoms with Gasteiger partial charge in [-0.2, -0.15) is 0 Å². The first-order valence-electron chi connectivity index (χ1n) is 4.22. The standard InChI is InChI=1S/C7H13I5S/c1-6-3-2-4-7(5-6)13(8,9,10,11)12/h6-7H,2-5H2,1H3/t6-,7?/m1/s1. The Morgan fingerprint density at radius 2 is 1.54 bits per heavy atom. The highest BCUT2D eigenvalue weighted by Gasteiger charge is 2.56. The van der Waals surface area contributed by atoms with Gasteiger partial charge in [-0.1, -0.05) is 13.9 Å². The number of halogens is 5. The van der Waals surface area contributed by atoms with Crippen molar-refractivity contribution in [1.29, 1.82) is 0 Å². The van der Waals surface area contributed by atoms with Crippen LogP contribution in [0.25, 0.3) is 0 Å². The molecule has 0 saturated heterocycles. The van der Waals surface area contributed by atoms with Gasteiger partial charge in [-0.15, -0.1) is 0 Å². The summed E-state index contributed by atoms with van der Waals surface area (Å²) in [6.45, 7) is 2.41. The monoisotopic (exact) mass is 764 g/mol. The summed E-state index contributed by atoms with van der Waals surface area (Å²) in [6, 6.07) is 0. The maximum absolute atomic E-state index is 2.74. The van der Waals surface area contributed by atoms with Gasteiger partial charge in [-0.05, 0) is 125 Å². The fourth-order valence-electron chi connectivity index (χ4n) is 1.78. The van der Waals surface area contributed by atoms with Crippen LogP contribution in [0.15, 0.2) is 0 Å². The van der Waals surface area contributed by atoms with Crippen LogP contribution < -0.4 is 0 Å². The molecule has 0 spiro atoms. The van der Waals surface area contributed by atoms with Gasteiger partial charge in [0, 0.05) is 5.25 Å². The lowest BCUT2D eigenvalue weighted by Crippen LogP contribution is -2.24. The second-order valence-electron chi connectivity index (χ2n) is 3.92. The van der Waals surface area contributed by atoms with E-state index in [1.54, 1.807) is 0 Å². The molecule has 0 amide bonds. The molecule has 82 valence electrons. The van der Waals surface area contributed by atoms with E-state index in [1.807, 2.05) is 0 Å². The van der Waals surface area contributed by atoms with Gasteiger partial charge < -0.3 is 0 Å². The van der Waals surface area contributed by atoms with E-state index in [0.29, 0.717) is 0 Å². The Labute approximate surface area is 140 Å². The van der Waals surface area contributed by atoms with Crippen LogP contribution in [0.1, 0.15) is 32.6 Å². The third-order valence-corrected chi connectivity index (χ3v) is 15.0. The first kappa shape index (κ1) is 15.1. The SMILES string of the molecule is C[C@@H]1CCCC(S(I)(I)(I)(I)I)C1. The molecule has 0 nitrogen and oxygen atoms in total. The lowest BCUT2D eigenvalue weighted by molar-refractivity contribution is 0.394. The van der Waals surface area contributed by atoms with Gasteiger partial charge in [0.1, 0.15) is 0 Å². The maximum Gasteiger partial charge on any atom is 0.0147 e. The Hall–Kier alpha value is 4.00. The summed E-state index contributed by atoms with van der Waals surface area (Å²) < 4.78 is -1.84. The van der Waals surface area contributed by atoms with Crippen molar-refractivity contribution in [2.45, 2.75) is 37.9 Å². The number of rotatable bonds is 1. The second kappa shape index (κ2) is 4.28. The van der Waals surface area contributed by atoms with Crippen molar-refractivity contribution in [1.82, 2.24) is 0 Å². The van der Waals surface area contributed by atoms with Crippen molar-refractivity contribution in [3.8, 4) is 0 Å². The van der Waals surface area contributed by atoms with Crippen LogP contribution in [0, 0.1) is 5.92 Å². The molecule has 0 bridgehead atoms. The minimum absolute atomic E-state index is 0.923. The molecule has 1 fully saturated rings. The van der Waals surface area contributed by atoms with Crippen molar-refractivity contribution in [3.63, 3.8) is 0 Å². The molecule has 1 unspecified atom stereocenters. The van der Waals surface area contributed by atoms with Crippen LogP contribution in [0.3, 0.4) is 0 Å². The highest BCUT2D eigenvalue weighted by molar-refractivity contribution is 14.7. The van der Waals surface area contributed by atoms with E-state index < -0.39 is -5.85 Å². The van der Waals surface area contributed by atoms with E-state index in [0.717, 1.165) is 11.2 Å². The minimum atomic E-state index is -1.84. The largest absolute Gasteiger partial charge is 0.0641 e. The second-order valence-corrected chi connectivity index (χ2v) is 91.3. The molecule has 0 heterocycles. The molecule has 1 aliphatic rings. The van der Waals surface area contributed by atoms with E-state index in [1.165, 1.54) is 25.7 Å².